The van der Waals surface area contributed by atoms with Gasteiger partial charge in [0.2, 0.25) is 5.91 Å². The van der Waals surface area contributed by atoms with Crippen molar-refractivity contribution >= 4 is 11.7 Å². The number of nitrogens with zero attached hydrogens (tertiary/aromatic N) is 3. The van der Waals surface area contributed by atoms with Gasteiger partial charge in [-0.05, 0) is 54.7 Å². The molecule has 32 heavy (non-hydrogen) atoms. The first-order chi connectivity index (χ1) is 15.3. The molecule has 0 N–H and O–H groups in total. The molecule has 0 aliphatic carbocycles. The highest BCUT2D eigenvalue weighted by atomic mass is 19.4. The Morgan fingerprint density at radius 1 is 1.12 bits per heavy atom. The van der Waals surface area contributed by atoms with Crippen molar-refractivity contribution in [1.29, 1.82) is 0 Å². The van der Waals surface area contributed by atoms with Crippen LogP contribution in [0.25, 0.3) is 0 Å². The Bertz CT molecular complexity index is 996. The monoisotopic (exact) mass is 449 g/mol. The standard InChI is InChI=1S/C23H26F3N3O3/c1-31-19-11-15-7-10-29(14-17(15)12-20(19)32-2)22(30)16-5-4-9-28(13-16)21-18(23(24,25)26)6-3-8-27-21/h3,6,8,11-12,16H,4-5,7,9-10,13-14H2,1-2H3. The number of carbonyl (C=O) groups is 1. The molecule has 2 aliphatic heterocycles. The smallest absolute Gasteiger partial charge is 0.419 e. The van der Waals surface area contributed by atoms with E-state index >= 15 is 0 Å². The van der Waals surface area contributed by atoms with E-state index in [1.807, 2.05) is 12.1 Å². The molecule has 1 amide bonds. The fraction of sp³-hybridized carbons (Fsp3) is 0.478. The SMILES string of the molecule is COc1cc2c(cc1OC)CN(C(=O)C1CCCN(c3ncccc3C(F)(F)F)C1)CC2. The van der Waals surface area contributed by atoms with Crippen LogP contribution in [0.2, 0.25) is 0 Å². The molecule has 3 heterocycles. The first-order valence-corrected chi connectivity index (χ1v) is 10.6. The Hall–Kier alpha value is -2.97. The minimum absolute atomic E-state index is 0.0281. The van der Waals surface area contributed by atoms with Gasteiger partial charge < -0.3 is 19.3 Å². The summed E-state index contributed by atoms with van der Waals surface area (Å²) in [6.07, 6.45) is -1.15. The number of carbonyl (C=O) groups excluding carboxylic acids is 1. The lowest BCUT2D eigenvalue weighted by Crippen LogP contribution is -2.46. The van der Waals surface area contributed by atoms with E-state index in [0.29, 0.717) is 50.4 Å². The zero-order valence-electron chi connectivity index (χ0n) is 18.1. The van der Waals surface area contributed by atoms with Crippen molar-refractivity contribution in [3.8, 4) is 11.5 Å². The average molecular weight is 449 g/mol. The maximum absolute atomic E-state index is 13.4. The number of piperidine rings is 1. The molecule has 1 aromatic heterocycles. The summed E-state index contributed by atoms with van der Waals surface area (Å²) in [5, 5.41) is 0. The second-order valence-electron chi connectivity index (χ2n) is 8.14. The number of rotatable bonds is 4. The number of benzene rings is 1. The van der Waals surface area contributed by atoms with Gasteiger partial charge in [-0.15, -0.1) is 0 Å². The van der Waals surface area contributed by atoms with E-state index in [1.54, 1.807) is 24.0 Å². The van der Waals surface area contributed by atoms with E-state index in [2.05, 4.69) is 4.98 Å². The molecule has 4 rings (SSSR count). The number of methoxy groups -OCH3 is 2. The minimum atomic E-state index is -4.49. The molecule has 1 unspecified atom stereocenters. The predicted octanol–water partition coefficient (Wildman–Crippen LogP) is 3.92. The Kier molecular flexibility index (Phi) is 6.17. The summed E-state index contributed by atoms with van der Waals surface area (Å²) in [5.41, 5.74) is 1.35. The summed E-state index contributed by atoms with van der Waals surface area (Å²) in [4.78, 5) is 20.7. The molecule has 1 fully saturated rings. The number of alkyl halides is 3. The van der Waals surface area contributed by atoms with Crippen molar-refractivity contribution in [2.75, 3.05) is 38.8 Å². The molecule has 9 heteroatoms. The van der Waals surface area contributed by atoms with Crippen LogP contribution in [0.3, 0.4) is 0 Å². The molecule has 2 aromatic rings. The summed E-state index contributed by atoms with van der Waals surface area (Å²) < 4.78 is 51.1. The van der Waals surface area contributed by atoms with Gasteiger partial charge in [-0.25, -0.2) is 4.98 Å². The molecule has 2 aliphatic rings. The first kappa shape index (κ1) is 22.2. The molecule has 1 atom stereocenters. The summed E-state index contributed by atoms with van der Waals surface area (Å²) in [5.74, 6) is 0.774. The highest BCUT2D eigenvalue weighted by Crippen LogP contribution is 2.37. The van der Waals surface area contributed by atoms with E-state index in [9.17, 15) is 18.0 Å². The van der Waals surface area contributed by atoms with E-state index in [-0.39, 0.29) is 24.2 Å². The highest BCUT2D eigenvalue weighted by molar-refractivity contribution is 5.80. The molecule has 0 spiro atoms. The van der Waals surface area contributed by atoms with Crippen LogP contribution in [0.15, 0.2) is 30.5 Å². The van der Waals surface area contributed by atoms with Crippen LogP contribution in [0.1, 0.15) is 29.5 Å². The van der Waals surface area contributed by atoms with Crippen LogP contribution in [-0.4, -0.2) is 49.6 Å². The van der Waals surface area contributed by atoms with Crippen molar-refractivity contribution in [3.63, 3.8) is 0 Å². The van der Waals surface area contributed by atoms with Gasteiger partial charge in [-0.3, -0.25) is 4.79 Å². The maximum Gasteiger partial charge on any atom is 0.419 e. The third-order valence-electron chi connectivity index (χ3n) is 6.19. The molecular formula is C23H26F3N3O3. The molecule has 6 nitrogen and oxygen atoms in total. The van der Waals surface area contributed by atoms with E-state index in [0.717, 1.165) is 17.2 Å². The number of hydrogen-bond acceptors (Lipinski definition) is 5. The van der Waals surface area contributed by atoms with Gasteiger partial charge in [0, 0.05) is 32.4 Å². The number of anilines is 1. The molecule has 0 bridgehead atoms. The molecule has 0 saturated carbocycles. The van der Waals surface area contributed by atoms with Crippen molar-refractivity contribution in [2.45, 2.75) is 32.0 Å². The molecular weight excluding hydrogens is 423 g/mol. The zero-order chi connectivity index (χ0) is 22.9. The number of pyridine rings is 1. The summed E-state index contributed by atoms with van der Waals surface area (Å²) >= 11 is 0. The fourth-order valence-electron chi connectivity index (χ4n) is 4.57. The quantitative estimate of drug-likeness (QED) is 0.708. The van der Waals surface area contributed by atoms with Crippen LogP contribution in [0, 0.1) is 5.92 Å². The summed E-state index contributed by atoms with van der Waals surface area (Å²) in [6, 6.07) is 6.16. The van der Waals surface area contributed by atoms with Gasteiger partial charge in [-0.2, -0.15) is 13.2 Å². The van der Waals surface area contributed by atoms with Crippen LogP contribution in [0.4, 0.5) is 19.0 Å². The Morgan fingerprint density at radius 2 is 1.84 bits per heavy atom. The van der Waals surface area contributed by atoms with Crippen molar-refractivity contribution in [1.82, 2.24) is 9.88 Å². The van der Waals surface area contributed by atoms with Crippen molar-refractivity contribution < 1.29 is 27.4 Å². The lowest BCUT2D eigenvalue weighted by atomic mass is 9.93. The highest BCUT2D eigenvalue weighted by Gasteiger charge is 2.38. The van der Waals surface area contributed by atoms with E-state index in [4.69, 9.17) is 9.47 Å². The zero-order valence-corrected chi connectivity index (χ0v) is 18.1. The third-order valence-corrected chi connectivity index (χ3v) is 6.19. The molecule has 1 saturated heterocycles. The summed E-state index contributed by atoms with van der Waals surface area (Å²) in [7, 11) is 3.16. The van der Waals surface area contributed by atoms with Gasteiger partial charge in [0.25, 0.3) is 0 Å². The van der Waals surface area contributed by atoms with Gasteiger partial charge in [0.05, 0.1) is 25.7 Å². The second-order valence-corrected chi connectivity index (χ2v) is 8.14. The minimum Gasteiger partial charge on any atom is -0.493 e. The third kappa shape index (κ3) is 4.33. The van der Waals surface area contributed by atoms with Gasteiger partial charge in [0.1, 0.15) is 5.82 Å². The second kappa shape index (κ2) is 8.88. The van der Waals surface area contributed by atoms with Crippen LogP contribution < -0.4 is 14.4 Å². The molecule has 1 aromatic carbocycles. The van der Waals surface area contributed by atoms with E-state index < -0.39 is 11.7 Å². The molecule has 0 radical (unpaired) electrons. The lowest BCUT2D eigenvalue weighted by Gasteiger charge is -2.38. The van der Waals surface area contributed by atoms with Crippen molar-refractivity contribution in [3.05, 3.63) is 47.2 Å². The Morgan fingerprint density at radius 3 is 2.53 bits per heavy atom. The number of halogens is 3. The van der Waals surface area contributed by atoms with Crippen molar-refractivity contribution in [2.24, 2.45) is 5.92 Å². The normalized spacial score (nSPS) is 18.8. The average Bonchev–Trinajstić information content (AvgIpc) is 2.81. The number of hydrogen-bond donors (Lipinski definition) is 0. The Labute approximate surface area is 184 Å². The van der Waals surface area contributed by atoms with Crippen LogP contribution in [0.5, 0.6) is 11.5 Å². The first-order valence-electron chi connectivity index (χ1n) is 10.6. The number of fused-ring (bicyclic) bond motifs is 1. The summed E-state index contributed by atoms with van der Waals surface area (Å²) in [6.45, 7) is 1.69. The predicted molar refractivity (Wildman–Crippen MR) is 113 cm³/mol. The van der Waals surface area contributed by atoms with E-state index in [1.165, 1.54) is 12.3 Å². The largest absolute Gasteiger partial charge is 0.493 e. The lowest BCUT2D eigenvalue weighted by molar-refractivity contribution is -0.137. The van der Waals surface area contributed by atoms with Gasteiger partial charge in [0.15, 0.2) is 11.5 Å². The van der Waals surface area contributed by atoms with Gasteiger partial charge >= 0.3 is 6.18 Å². The number of ether oxygens (including phenoxy) is 2. The maximum atomic E-state index is 13.4. The van der Waals surface area contributed by atoms with Gasteiger partial charge in [-0.1, -0.05) is 0 Å². The van der Waals surface area contributed by atoms with Crippen LogP contribution >= 0.6 is 0 Å². The topological polar surface area (TPSA) is 54.9 Å². The number of amides is 1. The molecule has 172 valence electrons. The number of aromatic nitrogens is 1. The fourth-order valence-corrected chi connectivity index (χ4v) is 4.57. The van der Waals surface area contributed by atoms with Crippen LogP contribution in [-0.2, 0) is 23.9 Å². The Balaban J connectivity index is 1.50.